The van der Waals surface area contributed by atoms with Crippen molar-refractivity contribution in [2.24, 2.45) is 0 Å². The van der Waals surface area contributed by atoms with Crippen LogP contribution in [0.1, 0.15) is 16.1 Å². The van der Waals surface area contributed by atoms with Crippen LogP contribution in [0.4, 0.5) is 5.69 Å². The fourth-order valence-corrected chi connectivity index (χ4v) is 1.64. The van der Waals surface area contributed by atoms with E-state index in [0.717, 1.165) is 5.69 Å². The normalized spacial score (nSPS) is 10.2. The summed E-state index contributed by atoms with van der Waals surface area (Å²) in [6.07, 6.45) is 3.00. The topological polar surface area (TPSA) is 54.9 Å². The van der Waals surface area contributed by atoms with Gasteiger partial charge in [-0.15, -0.1) is 0 Å². The maximum Gasteiger partial charge on any atom is 0.257 e. The van der Waals surface area contributed by atoms with Crippen molar-refractivity contribution in [3.63, 3.8) is 0 Å². The molecular weight excluding hydrogens is 273 g/mol. The molecule has 18 heavy (non-hydrogen) atoms. The van der Waals surface area contributed by atoms with Gasteiger partial charge in [0.15, 0.2) is 0 Å². The molecule has 2 rings (SSSR count). The Balaban J connectivity index is 2.19. The van der Waals surface area contributed by atoms with Gasteiger partial charge in [0.2, 0.25) is 0 Å². The first-order valence-electron chi connectivity index (χ1n) is 5.11. The lowest BCUT2D eigenvalue weighted by Gasteiger charge is -2.06. The van der Waals surface area contributed by atoms with Crippen LogP contribution < -0.4 is 5.32 Å². The van der Waals surface area contributed by atoms with Crippen molar-refractivity contribution >= 4 is 34.8 Å². The number of rotatable bonds is 2. The number of nitrogens with one attached hydrogen (secondary N) is 1. The molecular formula is C12H9Cl2N3O. The number of pyridine rings is 2. The summed E-state index contributed by atoms with van der Waals surface area (Å²) in [5, 5.41) is 3.14. The van der Waals surface area contributed by atoms with Gasteiger partial charge in [-0.05, 0) is 25.1 Å². The molecule has 0 fully saturated rings. The molecule has 0 aliphatic rings. The molecule has 6 heteroatoms. The molecule has 0 bridgehead atoms. The molecule has 0 spiro atoms. The zero-order chi connectivity index (χ0) is 13.1. The molecule has 0 radical (unpaired) electrons. The fraction of sp³-hybridized carbons (Fsp3) is 0.0833. The largest absolute Gasteiger partial charge is 0.322 e. The van der Waals surface area contributed by atoms with Gasteiger partial charge in [-0.25, -0.2) is 4.98 Å². The number of aromatic nitrogens is 2. The number of amides is 1. The summed E-state index contributed by atoms with van der Waals surface area (Å²) in [4.78, 5) is 19.8. The summed E-state index contributed by atoms with van der Waals surface area (Å²) in [6, 6.07) is 4.94. The van der Waals surface area contributed by atoms with Crippen molar-refractivity contribution in [2.45, 2.75) is 6.92 Å². The van der Waals surface area contributed by atoms with Crippen LogP contribution in [0.3, 0.4) is 0 Å². The summed E-state index contributed by atoms with van der Waals surface area (Å²) in [6.45, 7) is 1.84. The number of halogens is 2. The number of nitrogens with zero attached hydrogens (tertiary/aromatic N) is 2. The van der Waals surface area contributed by atoms with E-state index in [4.69, 9.17) is 23.2 Å². The third-order valence-electron chi connectivity index (χ3n) is 2.21. The maximum absolute atomic E-state index is 11.9. The summed E-state index contributed by atoms with van der Waals surface area (Å²) in [5.41, 5.74) is 1.83. The Hall–Kier alpha value is -1.65. The molecule has 0 aliphatic heterocycles. The first kappa shape index (κ1) is 12.8. The van der Waals surface area contributed by atoms with E-state index in [1.165, 1.54) is 12.3 Å². The van der Waals surface area contributed by atoms with Crippen LogP contribution in [0.2, 0.25) is 10.2 Å². The molecule has 2 aromatic heterocycles. The van der Waals surface area contributed by atoms with Gasteiger partial charge in [0.05, 0.1) is 10.6 Å². The third kappa shape index (κ3) is 2.97. The lowest BCUT2D eigenvalue weighted by Crippen LogP contribution is -2.12. The van der Waals surface area contributed by atoms with Crippen LogP contribution in [0.15, 0.2) is 30.6 Å². The monoisotopic (exact) mass is 281 g/mol. The van der Waals surface area contributed by atoms with E-state index in [9.17, 15) is 4.79 Å². The Labute approximate surface area is 114 Å². The number of hydrogen-bond acceptors (Lipinski definition) is 3. The standard InChI is InChI=1S/C12H9Cl2N3O/c1-7-4-9(2-3-15-7)17-12(18)8-5-10(13)11(14)16-6-8/h2-6H,1H3,(H,15,17,18). The Bertz CT molecular complexity index is 602. The predicted octanol–water partition coefficient (Wildman–Crippen LogP) is 3.34. The number of hydrogen-bond donors (Lipinski definition) is 1. The zero-order valence-corrected chi connectivity index (χ0v) is 11.0. The molecule has 0 saturated heterocycles. The van der Waals surface area contributed by atoms with E-state index in [2.05, 4.69) is 15.3 Å². The highest BCUT2D eigenvalue weighted by molar-refractivity contribution is 6.41. The highest BCUT2D eigenvalue weighted by Crippen LogP contribution is 2.20. The first-order valence-corrected chi connectivity index (χ1v) is 5.87. The average Bonchev–Trinajstić information content (AvgIpc) is 2.32. The average molecular weight is 282 g/mol. The fourth-order valence-electron chi connectivity index (χ4n) is 1.37. The van der Waals surface area contributed by atoms with Crippen LogP contribution in [-0.4, -0.2) is 15.9 Å². The number of carbonyl (C=O) groups is 1. The quantitative estimate of drug-likeness (QED) is 0.859. The summed E-state index contributed by atoms with van der Waals surface area (Å²) in [5.74, 6) is -0.299. The van der Waals surface area contributed by atoms with Crippen molar-refractivity contribution in [1.29, 1.82) is 0 Å². The van der Waals surface area contributed by atoms with Gasteiger partial charge in [-0.1, -0.05) is 23.2 Å². The Morgan fingerprint density at radius 2 is 2.06 bits per heavy atom. The molecule has 0 aliphatic carbocycles. The van der Waals surface area contributed by atoms with Crippen LogP contribution >= 0.6 is 23.2 Å². The van der Waals surface area contributed by atoms with Crippen LogP contribution in [0.5, 0.6) is 0 Å². The SMILES string of the molecule is Cc1cc(NC(=O)c2cnc(Cl)c(Cl)c2)ccn1. The van der Waals surface area contributed by atoms with Gasteiger partial charge in [-0.2, -0.15) is 0 Å². The summed E-state index contributed by atoms with van der Waals surface area (Å²) < 4.78 is 0. The van der Waals surface area contributed by atoms with Gasteiger partial charge < -0.3 is 5.32 Å². The third-order valence-corrected chi connectivity index (χ3v) is 2.90. The van der Waals surface area contributed by atoms with Gasteiger partial charge in [-0.3, -0.25) is 9.78 Å². The molecule has 1 N–H and O–H groups in total. The van der Waals surface area contributed by atoms with E-state index in [1.54, 1.807) is 18.3 Å². The van der Waals surface area contributed by atoms with E-state index in [-0.39, 0.29) is 16.1 Å². The molecule has 2 aromatic rings. The van der Waals surface area contributed by atoms with Crippen LogP contribution in [0, 0.1) is 6.92 Å². The maximum atomic E-state index is 11.9. The smallest absolute Gasteiger partial charge is 0.257 e. The number of anilines is 1. The predicted molar refractivity (Wildman–Crippen MR) is 71.2 cm³/mol. The molecule has 2 heterocycles. The Morgan fingerprint density at radius 1 is 1.28 bits per heavy atom. The molecule has 0 atom stereocenters. The van der Waals surface area contributed by atoms with Crippen molar-refractivity contribution in [3.8, 4) is 0 Å². The van der Waals surface area contributed by atoms with Gasteiger partial charge in [0.1, 0.15) is 5.15 Å². The van der Waals surface area contributed by atoms with Crippen molar-refractivity contribution in [3.05, 3.63) is 52.0 Å². The minimum atomic E-state index is -0.299. The highest BCUT2D eigenvalue weighted by atomic mass is 35.5. The van der Waals surface area contributed by atoms with E-state index in [1.807, 2.05) is 6.92 Å². The minimum absolute atomic E-state index is 0.174. The summed E-state index contributed by atoms with van der Waals surface area (Å²) in [7, 11) is 0. The van der Waals surface area contributed by atoms with E-state index in [0.29, 0.717) is 11.3 Å². The van der Waals surface area contributed by atoms with Gasteiger partial charge >= 0.3 is 0 Å². The zero-order valence-electron chi connectivity index (χ0n) is 9.45. The lowest BCUT2D eigenvalue weighted by molar-refractivity contribution is 0.102. The second-order valence-electron chi connectivity index (χ2n) is 3.64. The van der Waals surface area contributed by atoms with E-state index < -0.39 is 0 Å². The van der Waals surface area contributed by atoms with Crippen LogP contribution in [-0.2, 0) is 0 Å². The second kappa shape index (κ2) is 5.33. The van der Waals surface area contributed by atoms with Gasteiger partial charge in [0, 0.05) is 23.8 Å². The number of aryl methyl sites for hydroxylation is 1. The Morgan fingerprint density at radius 3 is 2.72 bits per heavy atom. The van der Waals surface area contributed by atoms with Crippen molar-refractivity contribution in [1.82, 2.24) is 9.97 Å². The molecule has 1 amide bonds. The Kier molecular flexibility index (Phi) is 3.79. The van der Waals surface area contributed by atoms with Crippen LogP contribution in [0.25, 0.3) is 0 Å². The molecule has 92 valence electrons. The second-order valence-corrected chi connectivity index (χ2v) is 4.40. The molecule has 0 saturated carbocycles. The van der Waals surface area contributed by atoms with Gasteiger partial charge in [0.25, 0.3) is 5.91 Å². The minimum Gasteiger partial charge on any atom is -0.322 e. The van der Waals surface area contributed by atoms with E-state index >= 15 is 0 Å². The summed E-state index contributed by atoms with van der Waals surface area (Å²) >= 11 is 11.5. The molecule has 4 nitrogen and oxygen atoms in total. The molecule has 0 unspecified atom stereocenters. The first-order chi connectivity index (χ1) is 8.56. The van der Waals surface area contributed by atoms with Crippen molar-refractivity contribution in [2.75, 3.05) is 5.32 Å². The van der Waals surface area contributed by atoms with Crippen molar-refractivity contribution < 1.29 is 4.79 Å². The lowest BCUT2D eigenvalue weighted by atomic mass is 10.2. The highest BCUT2D eigenvalue weighted by Gasteiger charge is 2.09. The number of carbonyl (C=O) groups excluding carboxylic acids is 1. The molecule has 0 aromatic carbocycles.